The normalized spacial score (nSPS) is 18.7. The molecule has 0 spiro atoms. The summed E-state index contributed by atoms with van der Waals surface area (Å²) in [4.78, 5) is 13.8. The van der Waals surface area contributed by atoms with Gasteiger partial charge in [-0.2, -0.15) is 0 Å². The molecule has 1 aliphatic heterocycles. The summed E-state index contributed by atoms with van der Waals surface area (Å²) in [6.07, 6.45) is 1.07. The number of hydrogen-bond acceptors (Lipinski definition) is 7. The Kier molecular flexibility index (Phi) is 6.46. The number of allylic oxidation sites excluding steroid dienone is 1. The first kappa shape index (κ1) is 23.6. The van der Waals surface area contributed by atoms with Gasteiger partial charge in [0, 0.05) is 29.3 Å². The zero-order valence-corrected chi connectivity index (χ0v) is 20.9. The highest BCUT2D eigenvalue weighted by atomic mass is 16.5. The summed E-state index contributed by atoms with van der Waals surface area (Å²) in [5.74, 6) is 2.77. The molecule has 0 bridgehead atoms. The molecule has 186 valence electrons. The molecule has 2 N–H and O–H groups in total. The van der Waals surface area contributed by atoms with E-state index < -0.39 is 0 Å². The average Bonchev–Trinajstić information content (AvgIpc) is 3.09. The first-order valence-electron chi connectivity index (χ1n) is 11.9. The van der Waals surface area contributed by atoms with Gasteiger partial charge in [0.2, 0.25) is 0 Å². The molecule has 7 nitrogen and oxygen atoms in total. The Morgan fingerprint density at radius 2 is 1.50 bits per heavy atom. The van der Waals surface area contributed by atoms with Crippen LogP contribution in [0.5, 0.6) is 23.0 Å². The van der Waals surface area contributed by atoms with Crippen molar-refractivity contribution in [1.29, 1.82) is 0 Å². The van der Waals surface area contributed by atoms with Crippen molar-refractivity contribution in [3.63, 3.8) is 0 Å². The summed E-state index contributed by atoms with van der Waals surface area (Å²) in [5, 5.41) is 7.18. The van der Waals surface area contributed by atoms with Gasteiger partial charge in [-0.25, -0.2) is 0 Å². The highest BCUT2D eigenvalue weighted by molar-refractivity contribution is 6.01. The lowest BCUT2D eigenvalue weighted by Gasteiger charge is -2.30. The van der Waals surface area contributed by atoms with Crippen LogP contribution in [0.25, 0.3) is 0 Å². The fourth-order valence-corrected chi connectivity index (χ4v) is 5.12. The van der Waals surface area contributed by atoms with Gasteiger partial charge in [0.1, 0.15) is 11.5 Å². The Bertz CT molecular complexity index is 1330. The maximum atomic E-state index is 13.8. The minimum atomic E-state index is -0.379. The first-order chi connectivity index (χ1) is 17.6. The van der Waals surface area contributed by atoms with Crippen molar-refractivity contribution < 1.29 is 23.7 Å². The number of methoxy groups -OCH3 is 4. The predicted octanol–water partition coefficient (Wildman–Crippen LogP) is 5.70. The van der Waals surface area contributed by atoms with Gasteiger partial charge in [-0.3, -0.25) is 4.79 Å². The number of carbonyl (C=O) groups is 1. The number of nitrogens with one attached hydrogen (secondary N) is 2. The van der Waals surface area contributed by atoms with Crippen molar-refractivity contribution in [2.75, 3.05) is 39.1 Å². The molecule has 2 unspecified atom stereocenters. The second-order valence-corrected chi connectivity index (χ2v) is 8.89. The molecule has 7 heteroatoms. The summed E-state index contributed by atoms with van der Waals surface area (Å²) in [7, 11) is 6.49. The molecule has 1 aliphatic carbocycles. The molecule has 3 aromatic carbocycles. The summed E-state index contributed by atoms with van der Waals surface area (Å²) >= 11 is 0. The maximum Gasteiger partial charge on any atom is 0.163 e. The van der Waals surface area contributed by atoms with E-state index in [1.54, 1.807) is 28.4 Å². The van der Waals surface area contributed by atoms with Crippen LogP contribution in [-0.2, 0) is 4.79 Å². The van der Waals surface area contributed by atoms with Gasteiger partial charge >= 0.3 is 0 Å². The molecule has 0 saturated carbocycles. The van der Waals surface area contributed by atoms with Crippen LogP contribution in [0, 0.1) is 0 Å². The van der Waals surface area contributed by atoms with Gasteiger partial charge in [-0.05, 0) is 54.3 Å². The lowest BCUT2D eigenvalue weighted by Crippen LogP contribution is -2.27. The molecule has 0 saturated heterocycles. The number of hydrogen-bond donors (Lipinski definition) is 2. The van der Waals surface area contributed by atoms with Crippen LogP contribution in [0.2, 0.25) is 0 Å². The molecular weight excluding hydrogens is 456 g/mol. The summed E-state index contributed by atoms with van der Waals surface area (Å²) in [6, 6.07) is 19.2. The molecule has 2 atom stereocenters. The maximum absolute atomic E-state index is 13.8. The van der Waals surface area contributed by atoms with Gasteiger partial charge in [-0.15, -0.1) is 0 Å². The van der Waals surface area contributed by atoms with E-state index in [4.69, 9.17) is 18.9 Å². The number of para-hydroxylation sites is 2. The predicted molar refractivity (Wildman–Crippen MR) is 140 cm³/mol. The van der Waals surface area contributed by atoms with E-state index in [1.165, 1.54) is 0 Å². The second-order valence-electron chi connectivity index (χ2n) is 8.89. The van der Waals surface area contributed by atoms with E-state index in [-0.39, 0.29) is 17.7 Å². The molecule has 0 fully saturated rings. The molecule has 2 aliphatic rings. The van der Waals surface area contributed by atoms with Crippen molar-refractivity contribution in [2.45, 2.75) is 24.8 Å². The number of ether oxygens (including phenoxy) is 4. The first-order valence-corrected chi connectivity index (χ1v) is 11.9. The van der Waals surface area contributed by atoms with Crippen molar-refractivity contribution >= 4 is 17.2 Å². The molecular formula is C29H30N2O5. The number of fused-ring (bicyclic) bond motifs is 1. The van der Waals surface area contributed by atoms with E-state index in [1.807, 2.05) is 60.7 Å². The Balaban J connectivity index is 1.60. The number of rotatable bonds is 6. The Morgan fingerprint density at radius 3 is 2.22 bits per heavy atom. The molecule has 1 heterocycles. The van der Waals surface area contributed by atoms with Crippen LogP contribution in [0.3, 0.4) is 0 Å². The molecule has 36 heavy (non-hydrogen) atoms. The Morgan fingerprint density at radius 1 is 0.750 bits per heavy atom. The summed E-state index contributed by atoms with van der Waals surface area (Å²) in [5.41, 5.74) is 5.41. The van der Waals surface area contributed by atoms with Gasteiger partial charge in [0.05, 0.1) is 45.9 Å². The molecule has 5 rings (SSSR count). The van der Waals surface area contributed by atoms with E-state index in [2.05, 4.69) is 10.6 Å². The highest BCUT2D eigenvalue weighted by Gasteiger charge is 2.37. The van der Waals surface area contributed by atoms with Crippen molar-refractivity contribution in [1.82, 2.24) is 0 Å². The van der Waals surface area contributed by atoms with Gasteiger partial charge in [-0.1, -0.05) is 18.2 Å². The Labute approximate surface area is 211 Å². The fraction of sp³-hybridized carbons (Fsp3) is 0.276. The molecule has 3 aromatic rings. The monoisotopic (exact) mass is 486 g/mol. The van der Waals surface area contributed by atoms with Gasteiger partial charge in [0.15, 0.2) is 17.3 Å². The van der Waals surface area contributed by atoms with Crippen LogP contribution in [0.4, 0.5) is 11.4 Å². The van der Waals surface area contributed by atoms with E-state index in [0.717, 1.165) is 33.8 Å². The lowest BCUT2D eigenvalue weighted by molar-refractivity contribution is -0.116. The third-order valence-corrected chi connectivity index (χ3v) is 6.94. The van der Waals surface area contributed by atoms with E-state index in [9.17, 15) is 4.79 Å². The Hall–Kier alpha value is -4.13. The quantitative estimate of drug-likeness (QED) is 0.463. The van der Waals surface area contributed by atoms with Crippen LogP contribution < -0.4 is 29.6 Å². The topological polar surface area (TPSA) is 78.1 Å². The highest BCUT2D eigenvalue weighted by Crippen LogP contribution is 2.47. The number of benzene rings is 3. The zero-order valence-electron chi connectivity index (χ0n) is 20.9. The number of carbonyl (C=O) groups excluding carboxylic acids is 1. The van der Waals surface area contributed by atoms with Crippen LogP contribution in [0.1, 0.15) is 35.9 Å². The van der Waals surface area contributed by atoms with Crippen LogP contribution in [-0.4, -0.2) is 34.2 Å². The summed E-state index contributed by atoms with van der Waals surface area (Å²) < 4.78 is 22.0. The standard InChI is InChI=1S/C29H30N2O5/c1-33-19-10-11-20(26(16-19)35-3)29-28-23(30-21-7-5-6-8-22(21)31-29)13-18(14-24(28)32)17-9-12-25(34-2)27(15-17)36-4/h5-12,15-16,18,29-31H,13-14H2,1-4H3. The average molecular weight is 487 g/mol. The number of Topliss-reactive ketones (excluding diaryl/α,β-unsaturated/α-hetero) is 1. The second kappa shape index (κ2) is 9.85. The molecule has 0 radical (unpaired) electrons. The SMILES string of the molecule is COc1ccc(C2Nc3ccccc3NC3=C2C(=O)CC(c2ccc(OC)c(OC)c2)C3)c(OC)c1. The van der Waals surface area contributed by atoms with E-state index in [0.29, 0.717) is 35.8 Å². The van der Waals surface area contributed by atoms with Gasteiger partial charge in [0.25, 0.3) is 0 Å². The smallest absolute Gasteiger partial charge is 0.163 e. The third-order valence-electron chi connectivity index (χ3n) is 6.94. The lowest BCUT2D eigenvalue weighted by atomic mass is 9.78. The van der Waals surface area contributed by atoms with Crippen molar-refractivity contribution in [3.05, 3.63) is 83.1 Å². The summed E-state index contributed by atoms with van der Waals surface area (Å²) in [6.45, 7) is 0. The third kappa shape index (κ3) is 4.21. The van der Waals surface area contributed by atoms with Crippen LogP contribution >= 0.6 is 0 Å². The minimum Gasteiger partial charge on any atom is -0.497 e. The minimum absolute atomic E-state index is 0.00670. The van der Waals surface area contributed by atoms with Crippen LogP contribution in [0.15, 0.2) is 71.9 Å². The largest absolute Gasteiger partial charge is 0.497 e. The number of anilines is 2. The van der Waals surface area contributed by atoms with Crippen molar-refractivity contribution in [2.24, 2.45) is 0 Å². The van der Waals surface area contributed by atoms with Gasteiger partial charge < -0.3 is 29.6 Å². The molecule has 0 aromatic heterocycles. The van der Waals surface area contributed by atoms with Crippen molar-refractivity contribution in [3.8, 4) is 23.0 Å². The number of ketones is 1. The van der Waals surface area contributed by atoms with E-state index >= 15 is 0 Å². The zero-order chi connectivity index (χ0) is 25.2. The fourth-order valence-electron chi connectivity index (χ4n) is 5.12. The molecule has 0 amide bonds.